The van der Waals surface area contributed by atoms with Gasteiger partial charge in [0.15, 0.2) is 9.84 Å². The zero-order valence-electron chi connectivity index (χ0n) is 11.0. The number of halogens is 1. The van der Waals surface area contributed by atoms with E-state index in [1.54, 1.807) is 30.3 Å². The minimum Gasteiger partial charge on any atom is -0.224 e. The van der Waals surface area contributed by atoms with Crippen LogP contribution < -0.4 is 0 Å². The molecule has 2 aromatic rings. The summed E-state index contributed by atoms with van der Waals surface area (Å²) in [6.07, 6.45) is 1.57. The molecule has 0 N–H and O–H groups in total. The summed E-state index contributed by atoms with van der Waals surface area (Å²) < 4.78 is 25.0. The maximum Gasteiger partial charge on any atom is 0.175 e. The fourth-order valence-corrected chi connectivity index (χ4v) is 3.09. The summed E-state index contributed by atoms with van der Waals surface area (Å²) in [5.41, 5.74) is 2.00. The van der Waals surface area contributed by atoms with Crippen molar-refractivity contribution in [1.82, 2.24) is 0 Å². The molecule has 0 atom stereocenters. The highest BCUT2D eigenvalue weighted by molar-refractivity contribution is 9.10. The molecule has 0 unspecified atom stereocenters. The van der Waals surface area contributed by atoms with Crippen molar-refractivity contribution in [3.8, 4) is 6.07 Å². The molecule has 2 aromatic carbocycles. The van der Waals surface area contributed by atoms with Crippen LogP contribution in [0.4, 0.5) is 0 Å². The molecule has 0 aliphatic rings. The third kappa shape index (κ3) is 4.85. The molecule has 0 fully saturated rings. The Morgan fingerprint density at radius 1 is 1.05 bits per heavy atom. The molecule has 106 valence electrons. The third-order valence-corrected chi connectivity index (χ3v) is 4.60. The standard InChI is InChI=1S/C16H12BrNO2S/c17-16-7-5-13(6-8-16)9-10-21(19,20)12-15-3-1-14(11-18)2-4-15/h1-10H,12H2. The number of benzene rings is 2. The molecule has 0 spiro atoms. The van der Waals surface area contributed by atoms with Crippen LogP contribution in [-0.4, -0.2) is 8.42 Å². The molecule has 0 aromatic heterocycles. The fraction of sp³-hybridized carbons (Fsp3) is 0.0625. The van der Waals surface area contributed by atoms with Gasteiger partial charge in [0.05, 0.1) is 17.4 Å². The Morgan fingerprint density at radius 2 is 1.67 bits per heavy atom. The number of rotatable bonds is 4. The van der Waals surface area contributed by atoms with Gasteiger partial charge in [-0.15, -0.1) is 0 Å². The van der Waals surface area contributed by atoms with Crippen LogP contribution in [0.5, 0.6) is 0 Å². The van der Waals surface area contributed by atoms with Gasteiger partial charge in [0, 0.05) is 9.88 Å². The number of hydrogen-bond acceptors (Lipinski definition) is 3. The predicted molar refractivity (Wildman–Crippen MR) is 87.0 cm³/mol. The van der Waals surface area contributed by atoms with Crippen molar-refractivity contribution in [1.29, 1.82) is 5.26 Å². The minimum atomic E-state index is -3.34. The van der Waals surface area contributed by atoms with Gasteiger partial charge >= 0.3 is 0 Å². The first-order valence-electron chi connectivity index (χ1n) is 6.14. The van der Waals surface area contributed by atoms with Crippen molar-refractivity contribution >= 4 is 31.8 Å². The Balaban J connectivity index is 2.11. The first kappa shape index (κ1) is 15.5. The SMILES string of the molecule is N#Cc1ccc(CS(=O)(=O)C=Cc2ccc(Br)cc2)cc1. The van der Waals surface area contributed by atoms with Crippen LogP contribution in [0.3, 0.4) is 0 Å². The van der Waals surface area contributed by atoms with Crippen LogP contribution in [-0.2, 0) is 15.6 Å². The van der Waals surface area contributed by atoms with Crippen molar-refractivity contribution < 1.29 is 8.42 Å². The topological polar surface area (TPSA) is 57.9 Å². The molecule has 5 heteroatoms. The Kier molecular flexibility index (Phi) is 4.94. The molecular formula is C16H12BrNO2S. The highest BCUT2D eigenvalue weighted by atomic mass is 79.9. The maximum absolute atomic E-state index is 12.0. The van der Waals surface area contributed by atoms with E-state index in [9.17, 15) is 8.42 Å². The molecular weight excluding hydrogens is 350 g/mol. The van der Waals surface area contributed by atoms with Gasteiger partial charge in [-0.1, -0.05) is 40.2 Å². The van der Waals surface area contributed by atoms with E-state index in [2.05, 4.69) is 15.9 Å². The lowest BCUT2D eigenvalue weighted by Gasteiger charge is -2.00. The van der Waals surface area contributed by atoms with Gasteiger partial charge in [0.1, 0.15) is 0 Å². The van der Waals surface area contributed by atoms with E-state index >= 15 is 0 Å². The quantitative estimate of drug-likeness (QED) is 0.829. The summed E-state index contributed by atoms with van der Waals surface area (Å²) in [7, 11) is -3.34. The second-order valence-electron chi connectivity index (χ2n) is 4.47. The molecule has 2 rings (SSSR count). The summed E-state index contributed by atoms with van der Waals surface area (Å²) in [4.78, 5) is 0. The van der Waals surface area contributed by atoms with Crippen molar-refractivity contribution in [2.75, 3.05) is 0 Å². The zero-order valence-corrected chi connectivity index (χ0v) is 13.4. The Labute approximate surface area is 132 Å². The van der Waals surface area contributed by atoms with Crippen LogP contribution in [0.2, 0.25) is 0 Å². The highest BCUT2D eigenvalue weighted by Crippen LogP contribution is 2.14. The van der Waals surface area contributed by atoms with Crippen molar-refractivity contribution in [3.63, 3.8) is 0 Å². The van der Waals surface area contributed by atoms with Gasteiger partial charge in [-0.3, -0.25) is 0 Å². The first-order chi connectivity index (χ1) is 9.98. The maximum atomic E-state index is 12.0. The molecule has 0 radical (unpaired) electrons. The number of nitriles is 1. The molecule has 0 bridgehead atoms. The van der Waals surface area contributed by atoms with E-state index in [1.807, 2.05) is 30.3 Å². The summed E-state index contributed by atoms with van der Waals surface area (Å²) in [5, 5.41) is 9.92. The van der Waals surface area contributed by atoms with Crippen molar-refractivity contribution in [3.05, 3.63) is 75.1 Å². The number of nitrogens with zero attached hydrogens (tertiary/aromatic N) is 1. The lowest BCUT2D eigenvalue weighted by molar-refractivity contribution is 0.604. The Morgan fingerprint density at radius 3 is 2.24 bits per heavy atom. The molecule has 0 heterocycles. The highest BCUT2D eigenvalue weighted by Gasteiger charge is 2.07. The van der Waals surface area contributed by atoms with E-state index in [0.717, 1.165) is 10.0 Å². The molecule has 0 saturated carbocycles. The van der Waals surface area contributed by atoms with Crippen LogP contribution >= 0.6 is 15.9 Å². The summed E-state index contributed by atoms with van der Waals surface area (Å²) in [5.74, 6) is -0.0776. The largest absolute Gasteiger partial charge is 0.224 e. The molecule has 21 heavy (non-hydrogen) atoms. The number of hydrogen-bond donors (Lipinski definition) is 0. The van der Waals surface area contributed by atoms with Crippen molar-refractivity contribution in [2.24, 2.45) is 0 Å². The van der Waals surface area contributed by atoms with Gasteiger partial charge < -0.3 is 0 Å². The lowest BCUT2D eigenvalue weighted by atomic mass is 10.2. The van der Waals surface area contributed by atoms with E-state index in [4.69, 9.17) is 5.26 Å². The summed E-state index contributed by atoms with van der Waals surface area (Å²) >= 11 is 3.33. The van der Waals surface area contributed by atoms with E-state index in [0.29, 0.717) is 11.1 Å². The van der Waals surface area contributed by atoms with E-state index in [-0.39, 0.29) is 5.75 Å². The normalized spacial score (nSPS) is 11.4. The summed E-state index contributed by atoms with van der Waals surface area (Å²) in [6.45, 7) is 0. The third-order valence-electron chi connectivity index (χ3n) is 2.79. The van der Waals surface area contributed by atoms with Crippen LogP contribution in [0.25, 0.3) is 6.08 Å². The molecule has 0 saturated heterocycles. The summed E-state index contributed by atoms with van der Waals surface area (Å²) in [6, 6.07) is 15.9. The van der Waals surface area contributed by atoms with Gasteiger partial charge in [-0.05, 0) is 41.5 Å². The van der Waals surface area contributed by atoms with Crippen LogP contribution in [0.1, 0.15) is 16.7 Å². The number of sulfone groups is 1. The van der Waals surface area contributed by atoms with Crippen molar-refractivity contribution in [2.45, 2.75) is 5.75 Å². The van der Waals surface area contributed by atoms with Gasteiger partial charge in [-0.25, -0.2) is 8.42 Å². The lowest BCUT2D eigenvalue weighted by Crippen LogP contribution is -1.99. The van der Waals surface area contributed by atoms with E-state index in [1.165, 1.54) is 5.41 Å². The zero-order chi connectivity index (χ0) is 15.3. The predicted octanol–water partition coefficient (Wildman–Crippen LogP) is 3.91. The smallest absolute Gasteiger partial charge is 0.175 e. The second-order valence-corrected chi connectivity index (χ2v) is 7.27. The van der Waals surface area contributed by atoms with Crippen LogP contribution in [0, 0.1) is 11.3 Å². The van der Waals surface area contributed by atoms with Crippen LogP contribution in [0.15, 0.2) is 58.4 Å². The monoisotopic (exact) mass is 361 g/mol. The molecule has 0 aliphatic heterocycles. The molecule has 3 nitrogen and oxygen atoms in total. The fourth-order valence-electron chi connectivity index (χ4n) is 1.71. The van der Waals surface area contributed by atoms with Gasteiger partial charge in [-0.2, -0.15) is 5.26 Å². The minimum absolute atomic E-state index is 0.0776. The Hall–Kier alpha value is -1.90. The molecule has 0 amide bonds. The average molecular weight is 362 g/mol. The average Bonchev–Trinajstić information content (AvgIpc) is 2.47. The van der Waals surface area contributed by atoms with Gasteiger partial charge in [0.2, 0.25) is 0 Å². The van der Waals surface area contributed by atoms with E-state index < -0.39 is 9.84 Å². The Bertz CT molecular complexity index is 786. The van der Waals surface area contributed by atoms with Gasteiger partial charge in [0.25, 0.3) is 0 Å². The molecule has 0 aliphatic carbocycles. The second kappa shape index (κ2) is 6.70. The first-order valence-corrected chi connectivity index (χ1v) is 8.65.